The van der Waals surface area contributed by atoms with E-state index in [4.69, 9.17) is 4.98 Å². The Morgan fingerprint density at radius 3 is 1.74 bits per heavy atom. The largest absolute Gasteiger partial charge is 0.256 e. The molecule has 0 atom stereocenters. The van der Waals surface area contributed by atoms with E-state index in [0.29, 0.717) is 0 Å². The molecule has 1 fully saturated rings. The average Bonchev–Trinajstić information content (AvgIpc) is 2.59. The molecule has 2 bridgehead atoms. The number of pyridine rings is 1. The second-order valence-electron chi connectivity index (χ2n) is 7.75. The number of rotatable bonds is 1. The minimum absolute atomic E-state index is 0.778. The maximum Gasteiger partial charge on any atom is 0.139 e. The zero-order valence-corrected chi connectivity index (χ0v) is 15.1. The van der Waals surface area contributed by atoms with Gasteiger partial charge in [0.05, 0.1) is 5.69 Å². The quantitative estimate of drug-likeness (QED) is 0.486. The van der Waals surface area contributed by atoms with E-state index in [1.807, 2.05) is 0 Å². The number of benzene rings is 1. The summed E-state index contributed by atoms with van der Waals surface area (Å²) in [6.45, 7) is 0. The molecule has 5 rings (SSSR count). The van der Waals surface area contributed by atoms with Crippen LogP contribution in [-0.2, 0) is 0 Å². The van der Waals surface area contributed by atoms with Gasteiger partial charge in [-0.1, -0.05) is 10.9 Å². The van der Waals surface area contributed by atoms with Gasteiger partial charge in [-0.25, -0.2) is 0 Å². The van der Waals surface area contributed by atoms with Crippen LogP contribution in [0.25, 0.3) is 11.3 Å². The molecule has 3 aliphatic rings. The molecule has 3 aliphatic carbocycles. The van der Waals surface area contributed by atoms with Crippen LogP contribution in [-0.4, -0.2) is 44.2 Å². The van der Waals surface area contributed by atoms with Crippen LogP contribution in [0.2, 0.25) is 0 Å². The summed E-state index contributed by atoms with van der Waals surface area (Å²) in [5.74, 6) is 1.56. The van der Waals surface area contributed by atoms with Crippen LogP contribution in [0.1, 0.15) is 48.6 Å². The Kier molecular flexibility index (Phi) is 3.55. The zero-order chi connectivity index (χ0) is 16.3. The molecule has 2 aromatic rings. The monoisotopic (exact) mass is 295 g/mol. The fourth-order valence-corrected chi connectivity index (χ4v) is 4.91. The van der Waals surface area contributed by atoms with Gasteiger partial charge in [0.25, 0.3) is 0 Å². The van der Waals surface area contributed by atoms with Crippen molar-refractivity contribution in [1.82, 2.24) is 4.98 Å². The number of fused-ring (bicyclic) bond motifs is 2. The van der Waals surface area contributed by atoms with E-state index in [-0.39, 0.29) is 0 Å². The Labute approximate surface area is 144 Å². The van der Waals surface area contributed by atoms with Crippen LogP contribution in [0, 0.1) is 0 Å². The molecule has 1 heterocycles. The summed E-state index contributed by atoms with van der Waals surface area (Å²) >= 11 is 0. The summed E-state index contributed by atoms with van der Waals surface area (Å²) < 4.78 is 0. The molecule has 1 aromatic carbocycles. The SMILES string of the molecule is Bc1c(B)c(B)c(-c2cc3c(cn2)C2CCC3CC2)c(B)c1B. The highest BCUT2D eigenvalue weighted by Crippen LogP contribution is 2.49. The van der Waals surface area contributed by atoms with Gasteiger partial charge in [-0.3, -0.25) is 4.98 Å². The van der Waals surface area contributed by atoms with Crippen LogP contribution >= 0.6 is 0 Å². The van der Waals surface area contributed by atoms with Gasteiger partial charge in [-0.15, -0.1) is 16.4 Å². The zero-order valence-electron chi connectivity index (χ0n) is 15.1. The Morgan fingerprint density at radius 2 is 1.17 bits per heavy atom. The van der Waals surface area contributed by atoms with Crippen molar-refractivity contribution in [2.75, 3.05) is 0 Å². The molecule has 0 saturated heterocycles. The minimum Gasteiger partial charge on any atom is -0.256 e. The van der Waals surface area contributed by atoms with Gasteiger partial charge < -0.3 is 0 Å². The smallest absolute Gasteiger partial charge is 0.139 e. The maximum absolute atomic E-state index is 4.91. The second kappa shape index (κ2) is 5.36. The van der Waals surface area contributed by atoms with Gasteiger partial charge in [0.1, 0.15) is 39.2 Å². The van der Waals surface area contributed by atoms with E-state index in [1.165, 1.54) is 64.3 Å². The molecule has 23 heavy (non-hydrogen) atoms. The van der Waals surface area contributed by atoms with Crippen molar-refractivity contribution in [2.45, 2.75) is 37.5 Å². The van der Waals surface area contributed by atoms with Crippen molar-refractivity contribution in [2.24, 2.45) is 0 Å². The van der Waals surface area contributed by atoms with Crippen LogP contribution in [0.5, 0.6) is 0 Å². The summed E-state index contributed by atoms with van der Waals surface area (Å²) in [4.78, 5) is 4.91. The van der Waals surface area contributed by atoms with Gasteiger partial charge in [0, 0.05) is 6.20 Å². The minimum atomic E-state index is 0.778. The predicted molar refractivity (Wildman–Crippen MR) is 115 cm³/mol. The highest BCUT2D eigenvalue weighted by molar-refractivity contribution is 6.68. The number of aromatic nitrogens is 1. The van der Waals surface area contributed by atoms with E-state index in [2.05, 4.69) is 51.5 Å². The Bertz CT molecular complexity index is 780. The Balaban J connectivity index is 1.92. The third-order valence-electron chi connectivity index (χ3n) is 6.83. The lowest BCUT2D eigenvalue weighted by Crippen LogP contribution is -2.55. The number of hydrogen-bond donors (Lipinski definition) is 0. The van der Waals surface area contributed by atoms with E-state index in [0.717, 1.165) is 11.8 Å². The summed E-state index contributed by atoms with van der Waals surface area (Å²) in [6.07, 6.45) is 7.71. The van der Waals surface area contributed by atoms with Gasteiger partial charge >= 0.3 is 0 Å². The van der Waals surface area contributed by atoms with Crippen molar-refractivity contribution >= 4 is 66.5 Å². The van der Waals surface area contributed by atoms with E-state index in [1.54, 1.807) is 11.1 Å². The molecule has 1 aromatic heterocycles. The number of nitrogens with zero attached hydrogens (tertiary/aromatic N) is 1. The molecule has 0 unspecified atom stereocenters. The molecular weight excluding hydrogens is 272 g/mol. The van der Waals surface area contributed by atoms with Crippen molar-refractivity contribution < 1.29 is 0 Å². The van der Waals surface area contributed by atoms with Gasteiger partial charge in [0.15, 0.2) is 0 Å². The fourth-order valence-electron chi connectivity index (χ4n) is 4.91. The molecule has 110 valence electrons. The van der Waals surface area contributed by atoms with Crippen LogP contribution in [0.3, 0.4) is 0 Å². The summed E-state index contributed by atoms with van der Waals surface area (Å²) in [5, 5.41) is 0. The average molecular weight is 294 g/mol. The Morgan fingerprint density at radius 1 is 0.696 bits per heavy atom. The van der Waals surface area contributed by atoms with Crippen molar-refractivity contribution in [3.63, 3.8) is 0 Å². The highest BCUT2D eigenvalue weighted by atomic mass is 14.7. The summed E-state index contributed by atoms with van der Waals surface area (Å²) in [5.41, 5.74) is 12.8. The standard InChI is InChI=1S/C17H22B5N/c18-13-12(14(19)16(21)17(22)15(13)20)11-5-9-7-1-3-8(4-2-7)10(9)6-23-11/h5-8H,1-4,18-22H2. The lowest BCUT2D eigenvalue weighted by atomic mass is 9.60. The molecule has 6 heteroatoms. The summed E-state index contributed by atoms with van der Waals surface area (Å²) in [6, 6.07) is 2.43. The Hall–Kier alpha value is -1.31. The molecular formula is C17H22B5N. The third kappa shape index (κ3) is 2.17. The van der Waals surface area contributed by atoms with Gasteiger partial charge in [-0.2, -0.15) is 0 Å². The molecule has 1 saturated carbocycles. The summed E-state index contributed by atoms with van der Waals surface area (Å²) in [7, 11) is 11.3. The number of hydrogen-bond acceptors (Lipinski definition) is 1. The topological polar surface area (TPSA) is 12.9 Å². The maximum atomic E-state index is 4.91. The first-order chi connectivity index (χ1) is 11.0. The lowest BCUT2D eigenvalue weighted by molar-refractivity contribution is 0.358. The molecule has 0 aliphatic heterocycles. The first kappa shape index (κ1) is 15.2. The van der Waals surface area contributed by atoms with Crippen molar-refractivity contribution in [3.05, 3.63) is 23.4 Å². The van der Waals surface area contributed by atoms with Gasteiger partial charge in [0.2, 0.25) is 0 Å². The second-order valence-corrected chi connectivity index (χ2v) is 7.75. The molecule has 0 amide bonds. The molecule has 1 nitrogen and oxygen atoms in total. The first-order valence-electron chi connectivity index (χ1n) is 9.06. The molecule has 0 N–H and O–H groups in total. The molecule has 0 spiro atoms. The normalized spacial score (nSPS) is 22.1. The van der Waals surface area contributed by atoms with Crippen LogP contribution < -0.4 is 27.3 Å². The highest BCUT2D eigenvalue weighted by Gasteiger charge is 2.33. The third-order valence-corrected chi connectivity index (χ3v) is 6.83. The van der Waals surface area contributed by atoms with E-state index in [9.17, 15) is 0 Å². The first-order valence-corrected chi connectivity index (χ1v) is 9.06. The van der Waals surface area contributed by atoms with Crippen LogP contribution in [0.4, 0.5) is 0 Å². The van der Waals surface area contributed by atoms with Gasteiger partial charge in [-0.05, 0) is 60.3 Å². The predicted octanol–water partition coefficient (Wildman–Crippen LogP) is -4.20. The van der Waals surface area contributed by atoms with Crippen molar-refractivity contribution in [1.29, 1.82) is 0 Å². The molecule has 0 radical (unpaired) electrons. The fraction of sp³-hybridized carbons (Fsp3) is 0.353. The lowest BCUT2D eigenvalue weighted by Gasteiger charge is -2.38. The van der Waals surface area contributed by atoms with Crippen LogP contribution in [0.15, 0.2) is 12.3 Å². The van der Waals surface area contributed by atoms with Crippen molar-refractivity contribution in [3.8, 4) is 11.3 Å². The van der Waals surface area contributed by atoms with E-state index >= 15 is 0 Å². The van der Waals surface area contributed by atoms with E-state index < -0.39 is 0 Å².